The number of hydrogen-bond donors (Lipinski definition) is 1. The van der Waals surface area contributed by atoms with Gasteiger partial charge in [0.25, 0.3) is 11.5 Å². The van der Waals surface area contributed by atoms with Gasteiger partial charge in [0.1, 0.15) is 11.7 Å². The molecule has 1 aromatic heterocycles. The number of fused-ring (bicyclic) bond motifs is 1. The van der Waals surface area contributed by atoms with Crippen molar-refractivity contribution in [1.29, 1.82) is 0 Å². The molecule has 0 saturated heterocycles. The molecule has 1 atom stereocenters. The second-order valence-corrected chi connectivity index (χ2v) is 5.68. The van der Waals surface area contributed by atoms with Crippen molar-refractivity contribution in [3.05, 3.63) is 76.2 Å². The summed E-state index contributed by atoms with van der Waals surface area (Å²) in [6.07, 6.45) is 1.56. The highest BCUT2D eigenvalue weighted by Crippen LogP contribution is 2.14. The van der Waals surface area contributed by atoms with E-state index in [0.29, 0.717) is 16.7 Å². The maximum atomic E-state index is 12.5. The largest absolute Gasteiger partial charge is 0.293 e. The van der Waals surface area contributed by atoms with Gasteiger partial charge in [-0.1, -0.05) is 42.5 Å². The van der Waals surface area contributed by atoms with Crippen molar-refractivity contribution >= 4 is 23.2 Å². The molecule has 0 aliphatic carbocycles. The smallest absolute Gasteiger partial charge is 0.273 e. The van der Waals surface area contributed by atoms with Crippen molar-refractivity contribution in [2.75, 3.05) is 0 Å². The molecule has 3 aromatic rings. The van der Waals surface area contributed by atoms with Crippen molar-refractivity contribution in [1.82, 2.24) is 15.0 Å². The number of nitrogens with one attached hydrogen (secondary N) is 1. The van der Waals surface area contributed by atoms with Gasteiger partial charge in [-0.15, -0.1) is 0 Å². The molecule has 0 aliphatic rings. The summed E-state index contributed by atoms with van der Waals surface area (Å²) in [5.41, 5.74) is 4.72. The number of amides is 1. The number of hydrazone groups is 1. The molecule has 1 heterocycles. The second-order valence-electron chi connectivity index (χ2n) is 5.68. The second kappa shape index (κ2) is 7.09. The Morgan fingerprint density at radius 3 is 2.60 bits per heavy atom. The first kappa shape index (κ1) is 16.6. The van der Waals surface area contributed by atoms with Crippen LogP contribution in [0.1, 0.15) is 24.2 Å². The minimum Gasteiger partial charge on any atom is -0.293 e. The van der Waals surface area contributed by atoms with Crippen LogP contribution in [0.15, 0.2) is 64.5 Å². The Kier molecular flexibility index (Phi) is 4.70. The van der Waals surface area contributed by atoms with Gasteiger partial charge in [-0.2, -0.15) is 5.10 Å². The Bertz CT molecular complexity index is 993. The summed E-state index contributed by atoms with van der Waals surface area (Å²) in [7, 11) is 0. The molecule has 6 nitrogen and oxygen atoms in total. The highest BCUT2D eigenvalue weighted by Gasteiger charge is 2.19. The maximum absolute atomic E-state index is 12.5. The summed E-state index contributed by atoms with van der Waals surface area (Å²) >= 11 is 0. The molecule has 3 rings (SSSR count). The number of carbonyl (C=O) groups excluding carboxylic acids is 1. The molecule has 0 fully saturated rings. The van der Waals surface area contributed by atoms with Crippen LogP contribution in [-0.2, 0) is 4.79 Å². The first-order valence-electron chi connectivity index (χ1n) is 7.94. The van der Waals surface area contributed by atoms with Gasteiger partial charge < -0.3 is 0 Å². The molecule has 6 heteroatoms. The van der Waals surface area contributed by atoms with Crippen LogP contribution in [0.3, 0.4) is 0 Å². The lowest BCUT2D eigenvalue weighted by molar-refractivity contribution is -0.123. The number of carbonyl (C=O) groups is 1. The Balaban J connectivity index is 1.88. The zero-order valence-corrected chi connectivity index (χ0v) is 14.0. The molecular weight excluding hydrogens is 316 g/mol. The van der Waals surface area contributed by atoms with Gasteiger partial charge in [0.2, 0.25) is 0 Å². The molecule has 126 valence electrons. The third-order valence-corrected chi connectivity index (χ3v) is 3.91. The lowest BCUT2D eigenvalue weighted by Crippen LogP contribution is -2.35. The molecule has 1 unspecified atom stereocenters. The third kappa shape index (κ3) is 3.47. The minimum absolute atomic E-state index is 0.284. The van der Waals surface area contributed by atoms with Crippen LogP contribution in [0.2, 0.25) is 0 Å². The van der Waals surface area contributed by atoms with Crippen LogP contribution in [0.25, 0.3) is 11.0 Å². The molecule has 0 saturated carbocycles. The molecule has 0 bridgehead atoms. The molecule has 25 heavy (non-hydrogen) atoms. The van der Waals surface area contributed by atoms with Crippen molar-refractivity contribution < 1.29 is 4.79 Å². The number of hydrogen-bond acceptors (Lipinski definition) is 4. The Labute approximate surface area is 144 Å². The first-order chi connectivity index (χ1) is 12.1. The number of para-hydroxylation sites is 2. The Morgan fingerprint density at radius 1 is 1.16 bits per heavy atom. The quantitative estimate of drug-likeness (QED) is 0.588. The summed E-state index contributed by atoms with van der Waals surface area (Å²) in [5.74, 6) is -0.370. The van der Waals surface area contributed by atoms with Crippen LogP contribution in [0.5, 0.6) is 0 Å². The van der Waals surface area contributed by atoms with E-state index in [-0.39, 0.29) is 11.5 Å². The fourth-order valence-electron chi connectivity index (χ4n) is 2.58. The zero-order valence-electron chi connectivity index (χ0n) is 14.0. The number of nitrogens with zero attached hydrogens (tertiary/aromatic N) is 3. The molecule has 0 aliphatic heterocycles. The summed E-state index contributed by atoms with van der Waals surface area (Å²) in [6.45, 7) is 3.31. The van der Waals surface area contributed by atoms with E-state index >= 15 is 0 Å². The van der Waals surface area contributed by atoms with E-state index in [1.165, 1.54) is 4.57 Å². The fraction of sp³-hybridized carbons (Fsp3) is 0.158. The van der Waals surface area contributed by atoms with Crippen molar-refractivity contribution in [2.24, 2.45) is 5.10 Å². The Morgan fingerprint density at radius 2 is 1.84 bits per heavy atom. The summed E-state index contributed by atoms with van der Waals surface area (Å²) in [4.78, 5) is 29.2. The average molecular weight is 334 g/mol. The van der Waals surface area contributed by atoms with E-state index < -0.39 is 6.04 Å². The number of benzene rings is 2. The van der Waals surface area contributed by atoms with Crippen LogP contribution < -0.4 is 11.0 Å². The van der Waals surface area contributed by atoms with Gasteiger partial charge in [-0.25, -0.2) is 10.4 Å². The minimum atomic E-state index is -0.716. The van der Waals surface area contributed by atoms with E-state index in [1.54, 1.807) is 26.1 Å². The molecule has 0 spiro atoms. The van der Waals surface area contributed by atoms with Crippen molar-refractivity contribution in [2.45, 2.75) is 19.9 Å². The zero-order chi connectivity index (χ0) is 17.8. The predicted molar refractivity (Wildman–Crippen MR) is 97.6 cm³/mol. The topological polar surface area (TPSA) is 76.3 Å². The van der Waals surface area contributed by atoms with E-state index in [0.717, 1.165) is 5.56 Å². The standard InChI is InChI=1S/C19H18N4O2/c1-13-19(25)23(17-11-7-6-10-16(17)21-13)14(2)18(24)22-20-12-15-8-4-3-5-9-15/h3-12,14H,1-2H3,(H,22,24). The van der Waals surface area contributed by atoms with Gasteiger partial charge in [-0.3, -0.25) is 14.2 Å². The summed E-state index contributed by atoms with van der Waals surface area (Å²) in [6, 6.07) is 16.0. The highest BCUT2D eigenvalue weighted by atomic mass is 16.2. The van der Waals surface area contributed by atoms with Crippen LogP contribution in [0, 0.1) is 6.92 Å². The monoisotopic (exact) mass is 334 g/mol. The molecule has 1 N–H and O–H groups in total. The number of rotatable bonds is 4. The van der Waals surface area contributed by atoms with Crippen LogP contribution >= 0.6 is 0 Å². The van der Waals surface area contributed by atoms with E-state index in [2.05, 4.69) is 15.5 Å². The van der Waals surface area contributed by atoms with Gasteiger partial charge in [0.15, 0.2) is 0 Å². The van der Waals surface area contributed by atoms with Gasteiger partial charge in [-0.05, 0) is 31.5 Å². The fourth-order valence-corrected chi connectivity index (χ4v) is 2.58. The lowest BCUT2D eigenvalue weighted by Gasteiger charge is -2.16. The lowest BCUT2D eigenvalue weighted by atomic mass is 10.2. The van der Waals surface area contributed by atoms with E-state index in [9.17, 15) is 9.59 Å². The molecule has 2 aromatic carbocycles. The average Bonchev–Trinajstić information content (AvgIpc) is 2.63. The highest BCUT2D eigenvalue weighted by molar-refractivity contribution is 5.85. The summed E-state index contributed by atoms with van der Waals surface area (Å²) in [5, 5.41) is 3.96. The predicted octanol–water partition coefficient (Wildman–Crippen LogP) is 2.42. The van der Waals surface area contributed by atoms with E-state index in [1.807, 2.05) is 48.5 Å². The number of aryl methyl sites for hydroxylation is 1. The third-order valence-electron chi connectivity index (χ3n) is 3.91. The SMILES string of the molecule is Cc1nc2ccccc2n(C(C)C(=O)NN=Cc2ccccc2)c1=O. The van der Waals surface area contributed by atoms with Crippen LogP contribution in [0.4, 0.5) is 0 Å². The van der Waals surface area contributed by atoms with Gasteiger partial charge in [0, 0.05) is 0 Å². The van der Waals surface area contributed by atoms with Crippen molar-refractivity contribution in [3.8, 4) is 0 Å². The van der Waals surface area contributed by atoms with E-state index in [4.69, 9.17) is 0 Å². The number of aromatic nitrogens is 2. The van der Waals surface area contributed by atoms with Crippen LogP contribution in [-0.4, -0.2) is 21.7 Å². The molecular formula is C19H18N4O2. The first-order valence-corrected chi connectivity index (χ1v) is 7.94. The Hall–Kier alpha value is -3.28. The van der Waals surface area contributed by atoms with Crippen molar-refractivity contribution in [3.63, 3.8) is 0 Å². The molecule has 0 radical (unpaired) electrons. The maximum Gasteiger partial charge on any atom is 0.273 e. The summed E-state index contributed by atoms with van der Waals surface area (Å²) < 4.78 is 1.45. The van der Waals surface area contributed by atoms with Gasteiger partial charge in [0.05, 0.1) is 17.2 Å². The molecule has 1 amide bonds. The normalized spacial score (nSPS) is 12.4. The van der Waals surface area contributed by atoms with Gasteiger partial charge >= 0.3 is 0 Å².